The van der Waals surface area contributed by atoms with Crippen LogP contribution in [0.2, 0.25) is 4.34 Å². The van der Waals surface area contributed by atoms with Gasteiger partial charge in [0.25, 0.3) is 0 Å². The molecule has 0 amide bonds. The standard InChI is InChI=1S/C12H12BrClN2S/c1-7-4-8(6-9(13)5-7)12(16-15)10-2-3-11(14)17-10/h2-6,12,16H,15H2,1H3. The molecule has 0 radical (unpaired) electrons. The summed E-state index contributed by atoms with van der Waals surface area (Å²) in [5, 5.41) is 0. The van der Waals surface area contributed by atoms with Crippen molar-refractivity contribution in [2.45, 2.75) is 13.0 Å². The van der Waals surface area contributed by atoms with E-state index in [1.807, 2.05) is 12.1 Å². The Bertz CT molecular complexity index is 507. The largest absolute Gasteiger partial charge is 0.271 e. The zero-order valence-electron chi connectivity index (χ0n) is 9.21. The molecule has 0 aliphatic heterocycles. The summed E-state index contributed by atoms with van der Waals surface area (Å²) in [6.07, 6.45) is 0. The van der Waals surface area contributed by atoms with Crippen molar-refractivity contribution in [2.24, 2.45) is 5.84 Å². The highest BCUT2D eigenvalue weighted by molar-refractivity contribution is 9.10. The molecule has 2 nitrogen and oxygen atoms in total. The van der Waals surface area contributed by atoms with Crippen LogP contribution in [0.15, 0.2) is 34.8 Å². The molecular formula is C12H12BrClN2S. The van der Waals surface area contributed by atoms with Crippen LogP contribution in [0, 0.1) is 6.92 Å². The van der Waals surface area contributed by atoms with Gasteiger partial charge in [-0.15, -0.1) is 11.3 Å². The molecule has 0 bridgehead atoms. The van der Waals surface area contributed by atoms with Gasteiger partial charge in [-0.3, -0.25) is 5.84 Å². The number of rotatable bonds is 3. The molecule has 1 atom stereocenters. The van der Waals surface area contributed by atoms with Crippen molar-refractivity contribution in [3.05, 3.63) is 55.1 Å². The van der Waals surface area contributed by atoms with Gasteiger partial charge in [-0.25, -0.2) is 5.43 Å². The second-order valence-corrected chi connectivity index (χ2v) is 6.47. The Balaban J connectivity index is 2.41. The average molecular weight is 332 g/mol. The Morgan fingerprint density at radius 3 is 2.65 bits per heavy atom. The number of nitrogens with two attached hydrogens (primary N) is 1. The van der Waals surface area contributed by atoms with Crippen molar-refractivity contribution in [3.8, 4) is 0 Å². The molecule has 1 unspecified atom stereocenters. The van der Waals surface area contributed by atoms with Gasteiger partial charge in [-0.2, -0.15) is 0 Å². The minimum atomic E-state index is -0.0244. The van der Waals surface area contributed by atoms with Gasteiger partial charge in [-0.05, 0) is 42.3 Å². The fraction of sp³-hybridized carbons (Fsp3) is 0.167. The lowest BCUT2D eigenvalue weighted by Gasteiger charge is -2.15. The first kappa shape index (κ1) is 13.1. The summed E-state index contributed by atoms with van der Waals surface area (Å²) in [4.78, 5) is 1.11. The van der Waals surface area contributed by atoms with Crippen molar-refractivity contribution in [1.29, 1.82) is 0 Å². The molecule has 0 fully saturated rings. The fourth-order valence-electron chi connectivity index (χ4n) is 1.76. The maximum absolute atomic E-state index is 5.95. The van der Waals surface area contributed by atoms with E-state index in [2.05, 4.69) is 46.5 Å². The maximum atomic E-state index is 5.95. The number of aryl methyl sites for hydroxylation is 1. The molecule has 90 valence electrons. The van der Waals surface area contributed by atoms with E-state index in [1.165, 1.54) is 16.9 Å². The third kappa shape index (κ3) is 3.09. The monoisotopic (exact) mass is 330 g/mol. The molecule has 0 saturated heterocycles. The van der Waals surface area contributed by atoms with Crippen molar-refractivity contribution < 1.29 is 0 Å². The molecule has 1 aromatic heterocycles. The van der Waals surface area contributed by atoms with Gasteiger partial charge < -0.3 is 0 Å². The minimum absolute atomic E-state index is 0.0244. The van der Waals surface area contributed by atoms with Crippen LogP contribution in [0.3, 0.4) is 0 Å². The summed E-state index contributed by atoms with van der Waals surface area (Å²) in [5.41, 5.74) is 5.15. The van der Waals surface area contributed by atoms with Gasteiger partial charge >= 0.3 is 0 Å². The molecule has 1 aromatic carbocycles. The number of thiophene rings is 1. The first-order valence-electron chi connectivity index (χ1n) is 5.08. The van der Waals surface area contributed by atoms with E-state index in [0.29, 0.717) is 0 Å². The van der Waals surface area contributed by atoms with Gasteiger partial charge in [0.1, 0.15) is 0 Å². The summed E-state index contributed by atoms with van der Waals surface area (Å²) in [7, 11) is 0. The lowest BCUT2D eigenvalue weighted by atomic mass is 10.0. The second-order valence-electron chi connectivity index (χ2n) is 3.80. The van der Waals surface area contributed by atoms with Crippen LogP contribution in [0.5, 0.6) is 0 Å². The predicted octanol–water partition coefficient (Wildman–Crippen LogP) is 4.03. The summed E-state index contributed by atoms with van der Waals surface area (Å²) in [6.45, 7) is 2.06. The van der Waals surface area contributed by atoms with E-state index in [1.54, 1.807) is 0 Å². The Morgan fingerprint density at radius 1 is 1.35 bits per heavy atom. The van der Waals surface area contributed by atoms with Crippen molar-refractivity contribution in [1.82, 2.24) is 5.43 Å². The van der Waals surface area contributed by atoms with E-state index < -0.39 is 0 Å². The van der Waals surface area contributed by atoms with Crippen molar-refractivity contribution in [2.75, 3.05) is 0 Å². The number of hydrazine groups is 1. The van der Waals surface area contributed by atoms with Crippen LogP contribution in [0.25, 0.3) is 0 Å². The Hall–Kier alpha value is -0.390. The molecule has 2 rings (SSSR count). The van der Waals surface area contributed by atoms with E-state index >= 15 is 0 Å². The zero-order chi connectivity index (χ0) is 12.4. The van der Waals surface area contributed by atoms with Gasteiger partial charge in [0.15, 0.2) is 0 Å². The van der Waals surface area contributed by atoms with Crippen molar-refractivity contribution in [3.63, 3.8) is 0 Å². The molecule has 0 spiro atoms. The summed E-state index contributed by atoms with van der Waals surface area (Å²) in [5.74, 6) is 5.64. The fourth-order valence-corrected chi connectivity index (χ4v) is 3.53. The SMILES string of the molecule is Cc1cc(Br)cc(C(NN)c2ccc(Cl)s2)c1. The molecule has 1 heterocycles. The zero-order valence-corrected chi connectivity index (χ0v) is 12.4. The molecule has 0 aliphatic rings. The first-order valence-corrected chi connectivity index (χ1v) is 7.07. The van der Waals surface area contributed by atoms with Crippen LogP contribution < -0.4 is 11.3 Å². The number of halogens is 2. The maximum Gasteiger partial charge on any atom is 0.0931 e. The summed E-state index contributed by atoms with van der Waals surface area (Å²) in [6, 6.07) is 10.1. The Kier molecular flexibility index (Phi) is 4.22. The number of hydrogen-bond acceptors (Lipinski definition) is 3. The van der Waals surface area contributed by atoms with Crippen LogP contribution in [-0.2, 0) is 0 Å². The highest BCUT2D eigenvalue weighted by Crippen LogP contribution is 2.32. The quantitative estimate of drug-likeness (QED) is 0.658. The van der Waals surface area contributed by atoms with Gasteiger partial charge in [0.2, 0.25) is 0 Å². The van der Waals surface area contributed by atoms with Crippen LogP contribution in [0.1, 0.15) is 22.0 Å². The predicted molar refractivity (Wildman–Crippen MR) is 77.4 cm³/mol. The topological polar surface area (TPSA) is 38.0 Å². The molecule has 3 N–H and O–H groups in total. The highest BCUT2D eigenvalue weighted by Gasteiger charge is 2.15. The number of hydrogen-bond donors (Lipinski definition) is 2. The molecule has 17 heavy (non-hydrogen) atoms. The van der Waals surface area contributed by atoms with E-state index in [9.17, 15) is 0 Å². The van der Waals surface area contributed by atoms with Crippen LogP contribution >= 0.6 is 38.9 Å². The smallest absolute Gasteiger partial charge is 0.0931 e. The first-order chi connectivity index (χ1) is 8.10. The minimum Gasteiger partial charge on any atom is -0.271 e. The summed E-state index contributed by atoms with van der Waals surface area (Å²) < 4.78 is 1.82. The average Bonchev–Trinajstić information content (AvgIpc) is 2.64. The number of benzene rings is 1. The third-order valence-corrected chi connectivity index (χ3v) is 4.20. The third-order valence-electron chi connectivity index (χ3n) is 2.44. The second kappa shape index (κ2) is 5.50. The lowest BCUT2D eigenvalue weighted by molar-refractivity contribution is 0.646. The van der Waals surface area contributed by atoms with Gasteiger partial charge in [-0.1, -0.05) is 33.6 Å². The lowest BCUT2D eigenvalue weighted by Crippen LogP contribution is -2.28. The van der Waals surface area contributed by atoms with Gasteiger partial charge in [0.05, 0.1) is 10.4 Å². The van der Waals surface area contributed by atoms with E-state index in [4.69, 9.17) is 17.4 Å². The van der Waals surface area contributed by atoms with Crippen LogP contribution in [-0.4, -0.2) is 0 Å². The Morgan fingerprint density at radius 2 is 2.12 bits per heavy atom. The van der Waals surface area contributed by atoms with E-state index in [0.717, 1.165) is 19.2 Å². The molecule has 0 aliphatic carbocycles. The highest BCUT2D eigenvalue weighted by atomic mass is 79.9. The normalized spacial score (nSPS) is 12.7. The summed E-state index contributed by atoms with van der Waals surface area (Å²) >= 11 is 11.0. The Labute approximate surface area is 118 Å². The molecule has 5 heteroatoms. The molecular weight excluding hydrogens is 320 g/mol. The van der Waals surface area contributed by atoms with E-state index in [-0.39, 0.29) is 6.04 Å². The van der Waals surface area contributed by atoms with Gasteiger partial charge in [0, 0.05) is 9.35 Å². The van der Waals surface area contributed by atoms with Crippen molar-refractivity contribution >= 4 is 38.9 Å². The molecule has 0 saturated carbocycles. The van der Waals surface area contributed by atoms with Crippen LogP contribution in [0.4, 0.5) is 0 Å². The molecule has 2 aromatic rings. The number of nitrogens with one attached hydrogen (secondary N) is 1.